The molecule has 0 bridgehead atoms. The van der Waals surface area contributed by atoms with Crippen LogP contribution in [0.2, 0.25) is 0 Å². The molecular formula is C17H16BrF2NOS. The number of nitrogens with one attached hydrogen (secondary N) is 1. The van der Waals surface area contributed by atoms with Gasteiger partial charge in [0.15, 0.2) is 0 Å². The number of carbonyl (C=O) groups excluding carboxylic acids is 1. The van der Waals surface area contributed by atoms with E-state index in [1.54, 1.807) is 36.0 Å². The molecule has 0 aromatic heterocycles. The first-order chi connectivity index (χ1) is 11.1. The van der Waals surface area contributed by atoms with Gasteiger partial charge in [0.25, 0.3) is 0 Å². The number of amides is 1. The van der Waals surface area contributed by atoms with Gasteiger partial charge in [-0.1, -0.05) is 24.3 Å². The lowest BCUT2D eigenvalue weighted by Gasteiger charge is -2.06. The van der Waals surface area contributed by atoms with Crippen LogP contribution < -0.4 is 5.32 Å². The normalized spacial score (nSPS) is 10.6. The molecule has 0 heterocycles. The fourth-order valence-electron chi connectivity index (χ4n) is 1.96. The van der Waals surface area contributed by atoms with Crippen LogP contribution in [-0.4, -0.2) is 18.2 Å². The zero-order chi connectivity index (χ0) is 16.7. The number of hydrogen-bond acceptors (Lipinski definition) is 2. The summed E-state index contributed by atoms with van der Waals surface area (Å²) < 4.78 is 26.9. The standard InChI is InChI=1S/C17H16BrF2NOS/c18-14-9-12(5-6-16(14)20)10-17(22)21-7-8-23-11-13-3-1-2-4-15(13)19/h1-6,9H,7-8,10-11H2,(H,21,22). The Morgan fingerprint density at radius 2 is 1.91 bits per heavy atom. The van der Waals surface area contributed by atoms with Crippen molar-refractivity contribution in [1.29, 1.82) is 0 Å². The van der Waals surface area contributed by atoms with Crippen molar-refractivity contribution in [1.82, 2.24) is 5.32 Å². The highest BCUT2D eigenvalue weighted by Gasteiger charge is 2.06. The molecule has 2 nitrogen and oxygen atoms in total. The van der Waals surface area contributed by atoms with Crippen molar-refractivity contribution in [3.63, 3.8) is 0 Å². The van der Waals surface area contributed by atoms with Crippen LogP contribution in [0.5, 0.6) is 0 Å². The summed E-state index contributed by atoms with van der Waals surface area (Å²) in [6.07, 6.45) is 0.205. The summed E-state index contributed by atoms with van der Waals surface area (Å²) in [5.74, 6) is 0.611. The summed E-state index contributed by atoms with van der Waals surface area (Å²) in [7, 11) is 0. The van der Waals surface area contributed by atoms with E-state index < -0.39 is 0 Å². The Morgan fingerprint density at radius 1 is 1.13 bits per heavy atom. The summed E-state index contributed by atoms with van der Waals surface area (Å²) >= 11 is 4.66. The minimum absolute atomic E-state index is 0.116. The molecule has 0 spiro atoms. The molecule has 0 atom stereocenters. The molecule has 0 saturated carbocycles. The van der Waals surface area contributed by atoms with Crippen LogP contribution in [0, 0.1) is 11.6 Å². The van der Waals surface area contributed by atoms with E-state index >= 15 is 0 Å². The molecule has 23 heavy (non-hydrogen) atoms. The van der Waals surface area contributed by atoms with Crippen molar-refractivity contribution in [3.8, 4) is 0 Å². The Hall–Kier alpha value is -1.40. The molecule has 2 aromatic rings. The third kappa shape index (κ3) is 5.95. The smallest absolute Gasteiger partial charge is 0.224 e. The van der Waals surface area contributed by atoms with Gasteiger partial charge in [-0.05, 0) is 45.3 Å². The highest BCUT2D eigenvalue weighted by molar-refractivity contribution is 9.10. The zero-order valence-corrected chi connectivity index (χ0v) is 14.7. The first-order valence-electron chi connectivity index (χ1n) is 7.08. The van der Waals surface area contributed by atoms with Gasteiger partial charge in [0.05, 0.1) is 10.9 Å². The number of rotatable bonds is 7. The molecule has 122 valence electrons. The summed E-state index contributed by atoms with van der Waals surface area (Å²) in [4.78, 5) is 11.8. The Labute approximate surface area is 146 Å². The van der Waals surface area contributed by atoms with Crippen LogP contribution in [0.25, 0.3) is 0 Å². The van der Waals surface area contributed by atoms with E-state index in [9.17, 15) is 13.6 Å². The Kier molecular flexibility index (Phi) is 7.05. The first-order valence-corrected chi connectivity index (χ1v) is 9.03. The molecule has 1 N–H and O–H groups in total. The fraction of sp³-hybridized carbons (Fsp3) is 0.235. The molecule has 0 unspecified atom stereocenters. The monoisotopic (exact) mass is 399 g/mol. The third-order valence-electron chi connectivity index (χ3n) is 3.13. The van der Waals surface area contributed by atoms with Gasteiger partial charge < -0.3 is 5.32 Å². The Bertz CT molecular complexity index is 681. The molecule has 6 heteroatoms. The lowest BCUT2D eigenvalue weighted by molar-refractivity contribution is -0.120. The Balaban J connectivity index is 1.67. The van der Waals surface area contributed by atoms with Gasteiger partial charge in [0.1, 0.15) is 11.6 Å². The summed E-state index contributed by atoms with van der Waals surface area (Å²) in [5.41, 5.74) is 1.41. The topological polar surface area (TPSA) is 29.1 Å². The predicted molar refractivity (Wildman–Crippen MR) is 93.4 cm³/mol. The van der Waals surface area contributed by atoms with Crippen molar-refractivity contribution in [2.24, 2.45) is 0 Å². The van der Waals surface area contributed by atoms with Crippen LogP contribution in [0.1, 0.15) is 11.1 Å². The first kappa shape index (κ1) is 17.9. The SMILES string of the molecule is O=C(Cc1ccc(F)c(Br)c1)NCCSCc1ccccc1F. The highest BCUT2D eigenvalue weighted by Crippen LogP contribution is 2.17. The fourth-order valence-corrected chi connectivity index (χ4v) is 3.23. The van der Waals surface area contributed by atoms with E-state index in [1.807, 2.05) is 6.07 Å². The van der Waals surface area contributed by atoms with E-state index in [4.69, 9.17) is 0 Å². The van der Waals surface area contributed by atoms with Crippen molar-refractivity contribution >= 4 is 33.6 Å². The summed E-state index contributed by atoms with van der Waals surface area (Å²) in [5, 5.41) is 2.80. The maximum atomic E-state index is 13.4. The van der Waals surface area contributed by atoms with E-state index in [-0.39, 0.29) is 24.0 Å². The van der Waals surface area contributed by atoms with E-state index in [0.29, 0.717) is 28.1 Å². The van der Waals surface area contributed by atoms with E-state index in [0.717, 1.165) is 5.56 Å². The number of halogens is 3. The van der Waals surface area contributed by atoms with Crippen molar-refractivity contribution in [2.75, 3.05) is 12.3 Å². The van der Waals surface area contributed by atoms with Crippen molar-refractivity contribution in [3.05, 3.63) is 69.7 Å². The molecule has 2 rings (SSSR count). The molecule has 2 aromatic carbocycles. The maximum Gasteiger partial charge on any atom is 0.224 e. The third-order valence-corrected chi connectivity index (χ3v) is 4.75. The van der Waals surface area contributed by atoms with Gasteiger partial charge in [0, 0.05) is 18.1 Å². The van der Waals surface area contributed by atoms with E-state index in [2.05, 4.69) is 21.2 Å². The van der Waals surface area contributed by atoms with Crippen LogP contribution in [0.4, 0.5) is 8.78 Å². The van der Waals surface area contributed by atoms with Crippen molar-refractivity contribution < 1.29 is 13.6 Å². The average molecular weight is 400 g/mol. The largest absolute Gasteiger partial charge is 0.355 e. The second kappa shape index (κ2) is 9.03. The van der Waals surface area contributed by atoms with Crippen molar-refractivity contribution in [2.45, 2.75) is 12.2 Å². The molecule has 1 amide bonds. The summed E-state index contributed by atoms with van der Waals surface area (Å²) in [6, 6.07) is 11.2. The molecule has 0 fully saturated rings. The molecule has 0 aliphatic heterocycles. The maximum absolute atomic E-state index is 13.4. The van der Waals surface area contributed by atoms with Gasteiger partial charge in [-0.25, -0.2) is 8.78 Å². The second-order valence-electron chi connectivity index (χ2n) is 4.92. The van der Waals surface area contributed by atoms with Crippen LogP contribution in [-0.2, 0) is 17.0 Å². The molecule has 0 aliphatic rings. The van der Waals surface area contributed by atoms with Gasteiger partial charge in [0.2, 0.25) is 5.91 Å². The Morgan fingerprint density at radius 3 is 2.65 bits per heavy atom. The minimum atomic E-state index is -0.348. The van der Waals surface area contributed by atoms with Gasteiger partial charge in [-0.3, -0.25) is 4.79 Å². The number of thioether (sulfide) groups is 1. The summed E-state index contributed by atoms with van der Waals surface area (Å²) in [6.45, 7) is 0.514. The van der Waals surface area contributed by atoms with Crippen LogP contribution in [0.15, 0.2) is 46.9 Å². The molecule has 0 aliphatic carbocycles. The quantitative estimate of drug-likeness (QED) is 0.702. The molecule has 0 saturated heterocycles. The zero-order valence-electron chi connectivity index (χ0n) is 12.3. The van der Waals surface area contributed by atoms with Crippen LogP contribution in [0.3, 0.4) is 0 Å². The average Bonchev–Trinajstić information content (AvgIpc) is 2.52. The lowest BCUT2D eigenvalue weighted by atomic mass is 10.1. The van der Waals surface area contributed by atoms with E-state index in [1.165, 1.54) is 12.1 Å². The van der Waals surface area contributed by atoms with Crippen LogP contribution >= 0.6 is 27.7 Å². The minimum Gasteiger partial charge on any atom is -0.355 e. The number of carbonyl (C=O) groups is 1. The lowest BCUT2D eigenvalue weighted by Crippen LogP contribution is -2.27. The highest BCUT2D eigenvalue weighted by atomic mass is 79.9. The number of hydrogen-bond donors (Lipinski definition) is 1. The second-order valence-corrected chi connectivity index (χ2v) is 6.88. The predicted octanol–water partition coefficient (Wildman–Crippen LogP) is 4.32. The van der Waals surface area contributed by atoms with Gasteiger partial charge in [-0.15, -0.1) is 0 Å². The number of benzene rings is 2. The molecular weight excluding hydrogens is 384 g/mol. The van der Waals surface area contributed by atoms with Gasteiger partial charge >= 0.3 is 0 Å². The molecule has 0 radical (unpaired) electrons. The van der Waals surface area contributed by atoms with Gasteiger partial charge in [-0.2, -0.15) is 11.8 Å².